The highest BCUT2D eigenvalue weighted by molar-refractivity contribution is 5.86. The van der Waals surface area contributed by atoms with E-state index >= 15 is 0 Å². The molecule has 2 aromatic heterocycles. The van der Waals surface area contributed by atoms with E-state index in [2.05, 4.69) is 16.0 Å². The van der Waals surface area contributed by atoms with Crippen molar-refractivity contribution in [1.82, 2.24) is 9.97 Å². The van der Waals surface area contributed by atoms with Crippen molar-refractivity contribution in [2.45, 2.75) is 6.92 Å². The fraction of sp³-hybridized carbons (Fsp3) is 0.0625. The molecule has 0 unspecified atom stereocenters. The maximum atomic E-state index is 10.8. The lowest BCUT2D eigenvalue weighted by Crippen LogP contribution is -2.00. The minimum atomic E-state index is -1.03. The molecule has 0 aliphatic heterocycles. The van der Waals surface area contributed by atoms with Crippen molar-refractivity contribution in [2.24, 2.45) is 0 Å². The molecular weight excluding hydrogens is 252 g/mol. The second-order valence-electron chi connectivity index (χ2n) is 4.58. The summed E-state index contributed by atoms with van der Waals surface area (Å²) >= 11 is 0. The molecule has 1 N–H and O–H groups in total. The number of aromatic nitrogens is 2. The number of nitrogens with zero attached hydrogens (tertiary/aromatic N) is 2. The van der Waals surface area contributed by atoms with Crippen molar-refractivity contribution in [1.29, 1.82) is 0 Å². The minimum Gasteiger partial charge on any atom is -0.477 e. The maximum Gasteiger partial charge on any atom is 0.354 e. The summed E-state index contributed by atoms with van der Waals surface area (Å²) in [4.78, 5) is 19.4. The van der Waals surface area contributed by atoms with Gasteiger partial charge in [-0.1, -0.05) is 18.2 Å². The highest BCUT2D eigenvalue weighted by Crippen LogP contribution is 2.24. The van der Waals surface area contributed by atoms with Crippen molar-refractivity contribution in [2.75, 3.05) is 0 Å². The number of aryl methyl sites for hydroxylation is 1. The maximum absolute atomic E-state index is 10.8. The van der Waals surface area contributed by atoms with Crippen LogP contribution >= 0.6 is 0 Å². The van der Waals surface area contributed by atoms with E-state index in [4.69, 9.17) is 5.11 Å². The van der Waals surface area contributed by atoms with Gasteiger partial charge in [0.2, 0.25) is 0 Å². The van der Waals surface area contributed by atoms with Crippen LogP contribution < -0.4 is 0 Å². The van der Waals surface area contributed by atoms with Gasteiger partial charge in [-0.25, -0.2) is 14.8 Å². The summed E-state index contributed by atoms with van der Waals surface area (Å²) < 4.78 is 0. The molecule has 3 aromatic rings. The molecule has 2 heterocycles. The van der Waals surface area contributed by atoms with E-state index in [0.29, 0.717) is 0 Å². The smallest absolute Gasteiger partial charge is 0.354 e. The summed E-state index contributed by atoms with van der Waals surface area (Å²) in [5, 5.41) is 9.95. The molecule has 0 spiro atoms. The van der Waals surface area contributed by atoms with Gasteiger partial charge in [0, 0.05) is 17.1 Å². The Hall–Kier alpha value is -2.75. The quantitative estimate of drug-likeness (QED) is 0.771. The first kappa shape index (κ1) is 12.3. The molecule has 0 fully saturated rings. The lowest BCUT2D eigenvalue weighted by Gasteiger charge is -2.07. The van der Waals surface area contributed by atoms with Crippen LogP contribution in [0.3, 0.4) is 0 Å². The summed E-state index contributed by atoms with van der Waals surface area (Å²) in [6, 6.07) is 13.2. The van der Waals surface area contributed by atoms with Gasteiger partial charge in [-0.15, -0.1) is 0 Å². The summed E-state index contributed by atoms with van der Waals surface area (Å²) in [6.07, 6.45) is 1.55. The van der Waals surface area contributed by atoms with Crippen LogP contribution in [0, 0.1) is 6.92 Å². The van der Waals surface area contributed by atoms with Gasteiger partial charge in [-0.2, -0.15) is 0 Å². The van der Waals surface area contributed by atoms with Crippen LogP contribution in [0.1, 0.15) is 16.1 Å². The zero-order valence-corrected chi connectivity index (χ0v) is 10.9. The van der Waals surface area contributed by atoms with Gasteiger partial charge in [0.25, 0.3) is 0 Å². The van der Waals surface area contributed by atoms with Gasteiger partial charge in [0.15, 0.2) is 0 Å². The van der Waals surface area contributed by atoms with Gasteiger partial charge < -0.3 is 5.11 Å². The largest absolute Gasteiger partial charge is 0.477 e. The van der Waals surface area contributed by atoms with Crippen molar-refractivity contribution < 1.29 is 9.90 Å². The molecule has 0 saturated carbocycles. The summed E-state index contributed by atoms with van der Waals surface area (Å²) in [6.45, 7) is 1.99. The number of carboxylic acid groups (broad SMARTS) is 1. The van der Waals surface area contributed by atoms with Gasteiger partial charge in [0.05, 0.1) is 11.2 Å². The Morgan fingerprint density at radius 3 is 2.65 bits per heavy atom. The lowest BCUT2D eigenvalue weighted by molar-refractivity contribution is 0.0690. The van der Waals surface area contributed by atoms with Gasteiger partial charge in [-0.3, -0.25) is 0 Å². The predicted octanol–water partition coefficient (Wildman–Crippen LogP) is 3.30. The molecule has 20 heavy (non-hydrogen) atoms. The van der Waals surface area contributed by atoms with Crippen molar-refractivity contribution in [3.63, 3.8) is 0 Å². The number of hydrogen-bond acceptors (Lipinski definition) is 3. The topological polar surface area (TPSA) is 63.1 Å². The Bertz CT molecular complexity index is 795. The number of hydrogen-bond donors (Lipinski definition) is 1. The number of fused-ring (bicyclic) bond motifs is 1. The zero-order valence-electron chi connectivity index (χ0n) is 10.9. The molecule has 0 atom stereocenters. The SMILES string of the molecule is Cc1cc2ccccc2nc1-c1ccc(C(=O)O)nc1. The third-order valence-electron chi connectivity index (χ3n) is 3.17. The number of carboxylic acids is 1. The molecule has 4 heteroatoms. The fourth-order valence-corrected chi connectivity index (χ4v) is 2.17. The molecule has 0 aliphatic carbocycles. The molecule has 0 aliphatic rings. The van der Waals surface area contributed by atoms with Crippen LogP contribution in [-0.4, -0.2) is 21.0 Å². The second kappa shape index (κ2) is 4.74. The van der Waals surface area contributed by atoms with E-state index in [1.54, 1.807) is 12.3 Å². The van der Waals surface area contributed by atoms with Crippen molar-refractivity contribution in [3.8, 4) is 11.3 Å². The highest BCUT2D eigenvalue weighted by atomic mass is 16.4. The van der Waals surface area contributed by atoms with E-state index in [1.165, 1.54) is 6.07 Å². The molecule has 0 amide bonds. The van der Waals surface area contributed by atoms with E-state index in [0.717, 1.165) is 27.7 Å². The number of aromatic carboxylic acids is 1. The normalized spacial score (nSPS) is 10.7. The van der Waals surface area contributed by atoms with Gasteiger partial charge >= 0.3 is 5.97 Å². The monoisotopic (exact) mass is 264 g/mol. The van der Waals surface area contributed by atoms with Crippen LogP contribution in [0.2, 0.25) is 0 Å². The number of pyridine rings is 2. The number of rotatable bonds is 2. The van der Waals surface area contributed by atoms with E-state index in [1.807, 2.05) is 31.2 Å². The van der Waals surface area contributed by atoms with Crippen molar-refractivity contribution in [3.05, 3.63) is 59.9 Å². The third kappa shape index (κ3) is 2.12. The number of benzene rings is 1. The predicted molar refractivity (Wildman–Crippen MR) is 76.7 cm³/mol. The summed E-state index contributed by atoms with van der Waals surface area (Å²) in [7, 11) is 0. The summed E-state index contributed by atoms with van der Waals surface area (Å²) in [5.41, 5.74) is 3.63. The highest BCUT2D eigenvalue weighted by Gasteiger charge is 2.08. The Morgan fingerprint density at radius 2 is 1.95 bits per heavy atom. The molecule has 3 rings (SSSR count). The second-order valence-corrected chi connectivity index (χ2v) is 4.58. The molecule has 0 saturated heterocycles. The minimum absolute atomic E-state index is 0.0344. The average Bonchev–Trinajstić information content (AvgIpc) is 2.46. The van der Waals surface area contributed by atoms with Gasteiger partial charge in [-0.05, 0) is 36.8 Å². The van der Waals surface area contributed by atoms with Gasteiger partial charge in [0.1, 0.15) is 5.69 Å². The van der Waals surface area contributed by atoms with Crippen LogP contribution in [0.15, 0.2) is 48.7 Å². The van der Waals surface area contributed by atoms with E-state index in [-0.39, 0.29) is 5.69 Å². The Kier molecular flexibility index (Phi) is 2.91. The molecular formula is C16H12N2O2. The molecule has 1 aromatic carbocycles. The molecule has 0 radical (unpaired) electrons. The van der Waals surface area contributed by atoms with Crippen LogP contribution in [0.5, 0.6) is 0 Å². The van der Waals surface area contributed by atoms with Crippen molar-refractivity contribution >= 4 is 16.9 Å². The van der Waals surface area contributed by atoms with Crippen LogP contribution in [0.4, 0.5) is 0 Å². The van der Waals surface area contributed by atoms with E-state index < -0.39 is 5.97 Å². The summed E-state index contributed by atoms with van der Waals surface area (Å²) in [5.74, 6) is -1.03. The Labute approximate surface area is 115 Å². The molecule has 0 bridgehead atoms. The Balaban J connectivity index is 2.13. The third-order valence-corrected chi connectivity index (χ3v) is 3.17. The average molecular weight is 264 g/mol. The Morgan fingerprint density at radius 1 is 1.15 bits per heavy atom. The molecule has 4 nitrogen and oxygen atoms in total. The molecule has 98 valence electrons. The first-order chi connectivity index (χ1) is 9.65. The first-order valence-corrected chi connectivity index (χ1v) is 6.21. The number of para-hydroxylation sites is 1. The standard InChI is InChI=1S/C16H12N2O2/c1-10-8-11-4-2-3-5-13(11)18-15(10)12-6-7-14(16(19)20)17-9-12/h2-9H,1H3,(H,19,20). The van der Waals surface area contributed by atoms with Crippen LogP contribution in [0.25, 0.3) is 22.2 Å². The fourth-order valence-electron chi connectivity index (χ4n) is 2.17. The zero-order chi connectivity index (χ0) is 14.1. The number of carbonyl (C=O) groups is 1. The first-order valence-electron chi connectivity index (χ1n) is 6.21. The lowest BCUT2D eigenvalue weighted by atomic mass is 10.1. The van der Waals surface area contributed by atoms with Crippen LogP contribution in [-0.2, 0) is 0 Å². The van der Waals surface area contributed by atoms with E-state index in [9.17, 15) is 4.79 Å².